The van der Waals surface area contributed by atoms with Gasteiger partial charge < -0.3 is 5.73 Å². The van der Waals surface area contributed by atoms with E-state index in [4.69, 9.17) is 5.73 Å². The Balaban J connectivity index is 1.94. The summed E-state index contributed by atoms with van der Waals surface area (Å²) in [5.41, 5.74) is 7.59. The summed E-state index contributed by atoms with van der Waals surface area (Å²) < 4.78 is 5.17. The second-order valence-corrected chi connectivity index (χ2v) is 5.57. The molecule has 2 rings (SSSR count). The number of aryl methyl sites for hydroxylation is 1. The number of aromatic nitrogens is 2. The molecule has 0 fully saturated rings. The van der Waals surface area contributed by atoms with Crippen molar-refractivity contribution < 1.29 is 0 Å². The molecule has 0 aliphatic heterocycles. The summed E-state index contributed by atoms with van der Waals surface area (Å²) in [4.78, 5) is 4.32. The minimum absolute atomic E-state index is 0.397. The molecule has 1 heterocycles. The minimum atomic E-state index is 0.397. The topological polar surface area (TPSA) is 51.8 Å². The molecule has 0 atom stereocenters. The van der Waals surface area contributed by atoms with Crippen molar-refractivity contribution in [3.05, 3.63) is 41.2 Å². The van der Waals surface area contributed by atoms with Crippen LogP contribution in [-0.4, -0.2) is 15.9 Å². The first-order chi connectivity index (χ1) is 8.78. The minimum Gasteiger partial charge on any atom is -0.320 e. The second-order valence-electron chi connectivity index (χ2n) is 3.60. The van der Waals surface area contributed by atoms with E-state index in [2.05, 4.69) is 33.3 Å². The SMILES string of the molecule is Cc1nsc(SCc2ccc(C#CCN)cc2)n1. The van der Waals surface area contributed by atoms with Gasteiger partial charge in [-0.25, -0.2) is 4.98 Å². The van der Waals surface area contributed by atoms with Crippen molar-refractivity contribution in [2.75, 3.05) is 6.54 Å². The van der Waals surface area contributed by atoms with Crippen LogP contribution in [0.3, 0.4) is 0 Å². The zero-order valence-corrected chi connectivity index (χ0v) is 11.6. The maximum atomic E-state index is 5.33. The summed E-state index contributed by atoms with van der Waals surface area (Å²) in [7, 11) is 0. The summed E-state index contributed by atoms with van der Waals surface area (Å²) >= 11 is 3.16. The van der Waals surface area contributed by atoms with Crippen molar-refractivity contribution in [1.82, 2.24) is 9.36 Å². The molecule has 0 unspecified atom stereocenters. The van der Waals surface area contributed by atoms with Gasteiger partial charge in [-0.2, -0.15) is 4.37 Å². The molecule has 0 saturated heterocycles. The average molecular weight is 275 g/mol. The van der Waals surface area contributed by atoms with Crippen LogP contribution in [-0.2, 0) is 5.75 Å². The van der Waals surface area contributed by atoms with Gasteiger partial charge in [0.1, 0.15) is 5.82 Å². The van der Waals surface area contributed by atoms with E-state index in [0.717, 1.165) is 21.5 Å². The number of hydrogen-bond donors (Lipinski definition) is 1. The normalized spacial score (nSPS) is 9.89. The summed E-state index contributed by atoms with van der Waals surface area (Å²) in [5.74, 6) is 7.59. The lowest BCUT2D eigenvalue weighted by molar-refractivity contribution is 1.10. The Kier molecular flexibility index (Phi) is 4.76. The lowest BCUT2D eigenvalue weighted by atomic mass is 10.1. The van der Waals surface area contributed by atoms with Crippen molar-refractivity contribution in [2.24, 2.45) is 5.73 Å². The fourth-order valence-electron chi connectivity index (χ4n) is 1.32. The van der Waals surface area contributed by atoms with Gasteiger partial charge in [0.05, 0.1) is 6.54 Å². The van der Waals surface area contributed by atoms with Crippen molar-refractivity contribution >= 4 is 23.3 Å². The molecule has 1 aromatic heterocycles. The Morgan fingerprint density at radius 1 is 1.33 bits per heavy atom. The van der Waals surface area contributed by atoms with Gasteiger partial charge in [-0.05, 0) is 36.2 Å². The third kappa shape index (κ3) is 3.84. The molecule has 0 bridgehead atoms. The van der Waals surface area contributed by atoms with Gasteiger partial charge >= 0.3 is 0 Å². The molecule has 0 aliphatic rings. The fourth-order valence-corrected chi connectivity index (χ4v) is 2.92. The summed E-state index contributed by atoms with van der Waals surface area (Å²) in [6, 6.07) is 8.21. The molecule has 18 heavy (non-hydrogen) atoms. The summed E-state index contributed by atoms with van der Waals surface area (Å²) in [6.45, 7) is 2.31. The van der Waals surface area contributed by atoms with Crippen LogP contribution in [0.2, 0.25) is 0 Å². The Morgan fingerprint density at radius 3 is 2.72 bits per heavy atom. The van der Waals surface area contributed by atoms with Crippen LogP contribution in [0, 0.1) is 18.8 Å². The lowest BCUT2D eigenvalue weighted by Gasteiger charge is -1.98. The molecule has 2 aromatic rings. The molecule has 2 N–H and O–H groups in total. The van der Waals surface area contributed by atoms with Gasteiger partial charge in [-0.3, -0.25) is 0 Å². The van der Waals surface area contributed by atoms with Crippen molar-refractivity contribution in [3.8, 4) is 11.8 Å². The van der Waals surface area contributed by atoms with E-state index in [-0.39, 0.29) is 0 Å². The number of nitrogens with zero attached hydrogens (tertiary/aromatic N) is 2. The van der Waals surface area contributed by atoms with E-state index in [1.807, 2.05) is 19.1 Å². The van der Waals surface area contributed by atoms with Crippen LogP contribution in [0.1, 0.15) is 17.0 Å². The number of nitrogens with two attached hydrogens (primary N) is 1. The first-order valence-electron chi connectivity index (χ1n) is 5.49. The second kappa shape index (κ2) is 6.55. The highest BCUT2D eigenvalue weighted by molar-refractivity contribution is 8.00. The Hall–Kier alpha value is -1.35. The Bertz CT molecular complexity index is 564. The van der Waals surface area contributed by atoms with E-state index in [1.165, 1.54) is 17.1 Å². The molecule has 0 saturated carbocycles. The number of thioether (sulfide) groups is 1. The third-order valence-corrected chi connectivity index (χ3v) is 4.16. The van der Waals surface area contributed by atoms with E-state index >= 15 is 0 Å². The Labute approximate surface area is 115 Å². The van der Waals surface area contributed by atoms with E-state index in [0.29, 0.717) is 6.54 Å². The molecule has 5 heteroatoms. The highest BCUT2D eigenvalue weighted by atomic mass is 32.2. The van der Waals surface area contributed by atoms with Gasteiger partial charge in [0.25, 0.3) is 0 Å². The van der Waals surface area contributed by atoms with Crippen LogP contribution >= 0.6 is 23.3 Å². The zero-order chi connectivity index (χ0) is 12.8. The fraction of sp³-hybridized carbons (Fsp3) is 0.231. The zero-order valence-electron chi connectivity index (χ0n) is 10.0. The maximum absolute atomic E-state index is 5.33. The van der Waals surface area contributed by atoms with Gasteiger partial charge in [-0.1, -0.05) is 35.7 Å². The maximum Gasteiger partial charge on any atom is 0.170 e. The van der Waals surface area contributed by atoms with E-state index < -0.39 is 0 Å². The summed E-state index contributed by atoms with van der Waals surface area (Å²) in [6.07, 6.45) is 0. The van der Waals surface area contributed by atoms with Crippen LogP contribution in [0.4, 0.5) is 0 Å². The largest absolute Gasteiger partial charge is 0.320 e. The van der Waals surface area contributed by atoms with Crippen molar-refractivity contribution in [3.63, 3.8) is 0 Å². The van der Waals surface area contributed by atoms with Crippen LogP contribution in [0.5, 0.6) is 0 Å². The third-order valence-electron chi connectivity index (χ3n) is 2.16. The molecule has 0 aliphatic carbocycles. The smallest absolute Gasteiger partial charge is 0.170 e. The van der Waals surface area contributed by atoms with E-state index in [1.54, 1.807) is 11.8 Å². The molecule has 3 nitrogen and oxygen atoms in total. The van der Waals surface area contributed by atoms with Crippen molar-refractivity contribution in [1.29, 1.82) is 0 Å². The molecule has 0 amide bonds. The van der Waals surface area contributed by atoms with Gasteiger partial charge in [0.2, 0.25) is 0 Å². The predicted octanol–water partition coefficient (Wildman–Crippen LogP) is 2.45. The van der Waals surface area contributed by atoms with Gasteiger partial charge in [0.15, 0.2) is 4.34 Å². The number of hydrogen-bond acceptors (Lipinski definition) is 5. The van der Waals surface area contributed by atoms with Gasteiger partial charge in [-0.15, -0.1) is 0 Å². The molecular weight excluding hydrogens is 262 g/mol. The lowest BCUT2D eigenvalue weighted by Crippen LogP contribution is -1.93. The number of benzene rings is 1. The Morgan fingerprint density at radius 2 is 2.11 bits per heavy atom. The molecule has 1 aromatic carbocycles. The van der Waals surface area contributed by atoms with Gasteiger partial charge in [0, 0.05) is 11.3 Å². The summed E-state index contributed by atoms with van der Waals surface area (Å²) in [5, 5.41) is 0. The quantitative estimate of drug-likeness (QED) is 0.690. The highest BCUT2D eigenvalue weighted by Gasteiger charge is 2.01. The van der Waals surface area contributed by atoms with Crippen LogP contribution < -0.4 is 5.73 Å². The molecule has 0 radical (unpaired) electrons. The standard InChI is InChI=1S/C13H13N3S2/c1-10-15-13(18-16-10)17-9-12-6-4-11(5-7-12)3-2-8-14/h4-7H,8-9,14H2,1H3. The number of rotatable bonds is 3. The van der Waals surface area contributed by atoms with E-state index in [9.17, 15) is 0 Å². The predicted molar refractivity (Wildman–Crippen MR) is 76.6 cm³/mol. The van der Waals surface area contributed by atoms with Crippen LogP contribution in [0.15, 0.2) is 28.6 Å². The molecule has 0 spiro atoms. The first kappa shape index (κ1) is 13.1. The average Bonchev–Trinajstić information content (AvgIpc) is 2.81. The van der Waals surface area contributed by atoms with Crippen LogP contribution in [0.25, 0.3) is 0 Å². The monoisotopic (exact) mass is 275 g/mol. The molecular formula is C13H13N3S2. The van der Waals surface area contributed by atoms with Crippen molar-refractivity contribution in [2.45, 2.75) is 17.0 Å². The highest BCUT2D eigenvalue weighted by Crippen LogP contribution is 2.24. The molecule has 92 valence electrons. The first-order valence-corrected chi connectivity index (χ1v) is 7.25.